The van der Waals surface area contributed by atoms with Crippen LogP contribution < -0.4 is 11.3 Å². The molecule has 1 atom stereocenters. The molecule has 0 saturated carbocycles. The molecule has 0 aliphatic heterocycles. The number of nitrogens with two attached hydrogens (primary N) is 1. The first-order valence-corrected chi connectivity index (χ1v) is 7.17. The van der Waals surface area contributed by atoms with Gasteiger partial charge in [-0.15, -0.1) is 0 Å². The average Bonchev–Trinajstić information content (AvgIpc) is 2.82. The van der Waals surface area contributed by atoms with Crippen LogP contribution in [0.3, 0.4) is 0 Å². The fourth-order valence-electron chi connectivity index (χ4n) is 1.98. The van der Waals surface area contributed by atoms with Crippen molar-refractivity contribution >= 4 is 22.6 Å². The Kier molecular flexibility index (Phi) is 4.89. The molecule has 1 aromatic heterocycles. The molecule has 0 spiro atoms. The second-order valence-corrected chi connectivity index (χ2v) is 5.46. The molecule has 0 bridgehead atoms. The monoisotopic (exact) mass is 374 g/mol. The van der Waals surface area contributed by atoms with Gasteiger partial charge in [-0.3, -0.25) is 10.5 Å². The molecule has 1 aromatic carbocycles. The lowest BCUT2D eigenvalue weighted by atomic mass is 10.0. The van der Waals surface area contributed by atoms with Crippen molar-refractivity contribution in [2.45, 2.75) is 25.9 Å². The topological polar surface area (TPSA) is 55.9 Å². The third-order valence-electron chi connectivity index (χ3n) is 2.88. The van der Waals surface area contributed by atoms with Crippen LogP contribution in [0.2, 0.25) is 0 Å². The van der Waals surface area contributed by atoms with Crippen molar-refractivity contribution in [3.05, 3.63) is 51.1 Å². The van der Waals surface area contributed by atoms with Gasteiger partial charge in [0.25, 0.3) is 0 Å². The van der Waals surface area contributed by atoms with Gasteiger partial charge < -0.3 is 0 Å². The number of hydrogen-bond donors (Lipinski definition) is 2. The van der Waals surface area contributed by atoms with E-state index in [2.05, 4.69) is 40.0 Å². The highest BCUT2D eigenvalue weighted by Crippen LogP contribution is 2.26. The van der Waals surface area contributed by atoms with Crippen LogP contribution in [0.4, 0.5) is 4.39 Å². The third kappa shape index (κ3) is 3.31. The van der Waals surface area contributed by atoms with Crippen LogP contribution in [0, 0.1) is 9.39 Å². The normalized spacial score (nSPS) is 12.6. The smallest absolute Gasteiger partial charge is 0.124 e. The van der Waals surface area contributed by atoms with Gasteiger partial charge in [0, 0.05) is 21.9 Å². The van der Waals surface area contributed by atoms with Gasteiger partial charge in [-0.1, -0.05) is 13.0 Å². The Bertz CT molecular complexity index is 555. The molecule has 2 aromatic rings. The minimum Gasteiger partial charge on any atom is -0.272 e. The molecule has 19 heavy (non-hydrogen) atoms. The van der Waals surface area contributed by atoms with Crippen molar-refractivity contribution in [3.8, 4) is 0 Å². The molecule has 0 saturated heterocycles. The number of nitrogens with one attached hydrogen (secondary N) is 1. The number of benzene rings is 1. The maximum absolute atomic E-state index is 13.1. The van der Waals surface area contributed by atoms with Gasteiger partial charge in [0.05, 0.1) is 12.2 Å². The maximum atomic E-state index is 13.1. The summed E-state index contributed by atoms with van der Waals surface area (Å²) in [7, 11) is 0. The molecule has 2 rings (SSSR count). The van der Waals surface area contributed by atoms with Crippen LogP contribution in [0.5, 0.6) is 0 Å². The molecular formula is C13H16FIN4. The van der Waals surface area contributed by atoms with E-state index in [1.165, 1.54) is 12.1 Å². The Morgan fingerprint density at radius 3 is 2.95 bits per heavy atom. The molecular weight excluding hydrogens is 358 g/mol. The molecule has 0 aliphatic carbocycles. The highest BCUT2D eigenvalue weighted by atomic mass is 127. The predicted molar refractivity (Wildman–Crippen MR) is 80.8 cm³/mol. The number of hydrogen-bond acceptors (Lipinski definition) is 3. The molecule has 0 fully saturated rings. The zero-order chi connectivity index (χ0) is 13.8. The zero-order valence-electron chi connectivity index (χ0n) is 10.6. The summed E-state index contributed by atoms with van der Waals surface area (Å²) in [5.74, 6) is 5.40. The molecule has 1 heterocycles. The van der Waals surface area contributed by atoms with Gasteiger partial charge >= 0.3 is 0 Å². The van der Waals surface area contributed by atoms with Gasteiger partial charge in [-0.25, -0.2) is 9.82 Å². The van der Waals surface area contributed by atoms with Crippen LogP contribution >= 0.6 is 22.6 Å². The van der Waals surface area contributed by atoms with Gasteiger partial charge in [0.15, 0.2) is 0 Å². The number of hydrazine groups is 1. The Morgan fingerprint density at radius 2 is 2.32 bits per heavy atom. The predicted octanol–water partition coefficient (Wildman–Crippen LogP) is 2.59. The number of aryl methyl sites for hydroxylation is 1. The molecule has 3 N–H and O–H groups in total. The summed E-state index contributed by atoms with van der Waals surface area (Å²) in [4.78, 5) is 0. The summed E-state index contributed by atoms with van der Waals surface area (Å²) >= 11 is 2.11. The molecule has 0 amide bonds. The summed E-state index contributed by atoms with van der Waals surface area (Å²) in [5, 5.41) is 4.29. The van der Waals surface area contributed by atoms with Crippen molar-refractivity contribution < 1.29 is 4.39 Å². The van der Waals surface area contributed by atoms with Crippen LogP contribution in [0.1, 0.15) is 30.5 Å². The number of halogens is 2. The zero-order valence-corrected chi connectivity index (χ0v) is 12.8. The van der Waals surface area contributed by atoms with Crippen molar-refractivity contribution in [3.63, 3.8) is 0 Å². The van der Waals surface area contributed by atoms with E-state index in [1.54, 1.807) is 12.3 Å². The molecule has 0 radical (unpaired) electrons. The van der Waals surface area contributed by atoms with Gasteiger partial charge in [-0.05, 0) is 46.7 Å². The lowest BCUT2D eigenvalue weighted by molar-refractivity contribution is 0.596. The number of nitrogens with zero attached hydrogens (tertiary/aromatic N) is 2. The van der Waals surface area contributed by atoms with Crippen molar-refractivity contribution in [2.75, 3.05) is 0 Å². The Morgan fingerprint density at radius 1 is 1.53 bits per heavy atom. The van der Waals surface area contributed by atoms with E-state index < -0.39 is 0 Å². The van der Waals surface area contributed by atoms with E-state index in [-0.39, 0.29) is 11.9 Å². The van der Waals surface area contributed by atoms with E-state index in [1.807, 2.05) is 10.9 Å². The second kappa shape index (κ2) is 6.44. The van der Waals surface area contributed by atoms with Crippen molar-refractivity contribution in [1.29, 1.82) is 0 Å². The van der Waals surface area contributed by atoms with Crippen molar-refractivity contribution in [1.82, 2.24) is 15.2 Å². The summed E-state index contributed by atoms with van der Waals surface area (Å²) in [6.45, 7) is 2.97. The highest BCUT2D eigenvalue weighted by molar-refractivity contribution is 14.1. The van der Waals surface area contributed by atoms with E-state index in [0.29, 0.717) is 0 Å². The second-order valence-electron chi connectivity index (χ2n) is 4.30. The number of rotatable bonds is 5. The maximum Gasteiger partial charge on any atom is 0.124 e. The van der Waals surface area contributed by atoms with E-state index >= 15 is 0 Å². The summed E-state index contributed by atoms with van der Waals surface area (Å²) in [6.07, 6.45) is 4.78. The standard InChI is InChI=1S/C13H16FIN4/c1-2-5-19-8-9(7-17-19)13(18-16)11-4-3-10(14)6-12(11)15/h3-4,6-8,13,18H,2,5,16H2,1H3. The number of aromatic nitrogens is 2. The molecule has 0 aliphatic rings. The fraction of sp³-hybridized carbons (Fsp3) is 0.308. The van der Waals surface area contributed by atoms with Crippen LogP contribution in [0.15, 0.2) is 30.6 Å². The third-order valence-corrected chi connectivity index (χ3v) is 3.81. The lowest BCUT2D eigenvalue weighted by Crippen LogP contribution is -2.29. The first-order chi connectivity index (χ1) is 9.15. The Balaban J connectivity index is 2.32. The van der Waals surface area contributed by atoms with E-state index in [4.69, 9.17) is 5.84 Å². The van der Waals surface area contributed by atoms with E-state index in [0.717, 1.165) is 27.7 Å². The summed E-state index contributed by atoms with van der Waals surface area (Å²) in [6, 6.07) is 4.51. The average molecular weight is 374 g/mol. The molecule has 4 nitrogen and oxygen atoms in total. The van der Waals surface area contributed by atoms with Crippen LogP contribution in [-0.2, 0) is 6.54 Å². The van der Waals surface area contributed by atoms with Gasteiger partial charge in [0.1, 0.15) is 5.82 Å². The minimum absolute atomic E-state index is 0.182. The largest absolute Gasteiger partial charge is 0.272 e. The fourth-order valence-corrected chi connectivity index (χ4v) is 2.77. The first kappa shape index (κ1) is 14.4. The SMILES string of the molecule is CCCn1cc(C(NN)c2ccc(F)cc2I)cn1. The molecule has 6 heteroatoms. The van der Waals surface area contributed by atoms with Gasteiger partial charge in [0.2, 0.25) is 0 Å². The van der Waals surface area contributed by atoms with Crippen molar-refractivity contribution in [2.24, 2.45) is 5.84 Å². The van der Waals surface area contributed by atoms with E-state index in [9.17, 15) is 4.39 Å². The summed E-state index contributed by atoms with van der Waals surface area (Å²) < 4.78 is 15.9. The Labute approximate surface area is 125 Å². The quantitative estimate of drug-likeness (QED) is 0.481. The first-order valence-electron chi connectivity index (χ1n) is 6.09. The molecule has 102 valence electrons. The lowest BCUT2D eigenvalue weighted by Gasteiger charge is -2.16. The van der Waals surface area contributed by atoms with Crippen LogP contribution in [-0.4, -0.2) is 9.78 Å². The molecule has 1 unspecified atom stereocenters. The minimum atomic E-state index is -0.245. The highest BCUT2D eigenvalue weighted by Gasteiger charge is 2.17. The van der Waals surface area contributed by atoms with Crippen LogP contribution in [0.25, 0.3) is 0 Å². The summed E-state index contributed by atoms with van der Waals surface area (Å²) in [5.41, 5.74) is 4.69. The van der Waals surface area contributed by atoms with Gasteiger partial charge in [-0.2, -0.15) is 5.10 Å². The Hall–Kier alpha value is -0.990.